The summed E-state index contributed by atoms with van der Waals surface area (Å²) in [4.78, 5) is 32.4. The minimum absolute atomic E-state index is 0.152. The van der Waals surface area contributed by atoms with E-state index in [2.05, 4.69) is 25.3 Å². The average Bonchev–Trinajstić information content (AvgIpc) is 2.53. The Bertz CT molecular complexity index is 759. The van der Waals surface area contributed by atoms with Gasteiger partial charge < -0.3 is 15.4 Å². The van der Waals surface area contributed by atoms with Gasteiger partial charge in [0.2, 0.25) is 5.95 Å². The van der Waals surface area contributed by atoms with E-state index < -0.39 is 5.97 Å². The molecule has 0 aliphatic rings. The largest absolute Gasteiger partial charge is 0.465 e. The number of nitrogens with one attached hydrogen (secondary N) is 2. The van der Waals surface area contributed by atoms with Crippen molar-refractivity contribution in [2.45, 2.75) is 26.8 Å². The van der Waals surface area contributed by atoms with Gasteiger partial charge in [-0.1, -0.05) is 6.07 Å². The maximum absolute atomic E-state index is 12.4. The first-order chi connectivity index (χ1) is 11.4. The van der Waals surface area contributed by atoms with Crippen molar-refractivity contribution in [1.29, 1.82) is 0 Å². The zero-order valence-electron chi connectivity index (χ0n) is 14.1. The van der Waals surface area contributed by atoms with Gasteiger partial charge in [-0.3, -0.25) is 4.79 Å². The lowest BCUT2D eigenvalue weighted by Gasteiger charge is -2.11. The fourth-order valence-corrected chi connectivity index (χ4v) is 2.04. The molecular weight excluding hydrogens is 308 g/mol. The van der Waals surface area contributed by atoms with Crippen molar-refractivity contribution in [1.82, 2.24) is 9.97 Å². The zero-order valence-corrected chi connectivity index (χ0v) is 14.1. The number of benzene rings is 1. The molecule has 0 aliphatic carbocycles. The van der Waals surface area contributed by atoms with Crippen LogP contribution in [0.5, 0.6) is 0 Å². The molecule has 0 aliphatic heterocycles. The van der Waals surface area contributed by atoms with E-state index in [0.29, 0.717) is 22.9 Å². The highest BCUT2D eigenvalue weighted by Gasteiger charge is 2.13. The third-order valence-electron chi connectivity index (χ3n) is 3.05. The van der Waals surface area contributed by atoms with E-state index in [4.69, 9.17) is 0 Å². The first kappa shape index (κ1) is 17.4. The lowest BCUT2D eigenvalue weighted by molar-refractivity contribution is 0.0600. The molecule has 0 spiro atoms. The number of amides is 1. The van der Waals surface area contributed by atoms with E-state index in [1.807, 2.05) is 13.8 Å². The predicted octanol–water partition coefficient (Wildman–Crippen LogP) is 2.64. The van der Waals surface area contributed by atoms with Crippen LogP contribution < -0.4 is 10.6 Å². The number of rotatable bonds is 5. The summed E-state index contributed by atoms with van der Waals surface area (Å²) in [5.74, 6) is -0.444. The number of ether oxygens (including phenoxy) is 1. The monoisotopic (exact) mass is 328 g/mol. The number of hydrogen-bond donors (Lipinski definition) is 2. The van der Waals surface area contributed by atoms with Crippen LogP contribution in [0.3, 0.4) is 0 Å². The number of esters is 1. The lowest BCUT2D eigenvalue weighted by Crippen LogP contribution is -2.18. The van der Waals surface area contributed by atoms with Crippen LogP contribution in [-0.4, -0.2) is 35.0 Å². The normalized spacial score (nSPS) is 10.4. The van der Waals surface area contributed by atoms with Crippen LogP contribution in [0, 0.1) is 6.92 Å². The maximum Gasteiger partial charge on any atom is 0.337 e. The van der Waals surface area contributed by atoms with E-state index in [1.165, 1.54) is 7.11 Å². The zero-order chi connectivity index (χ0) is 17.7. The Labute approximate surface area is 140 Å². The van der Waals surface area contributed by atoms with Gasteiger partial charge in [0.15, 0.2) is 0 Å². The number of hydrogen-bond acceptors (Lipinski definition) is 6. The first-order valence-corrected chi connectivity index (χ1v) is 7.51. The number of methoxy groups -OCH3 is 1. The second kappa shape index (κ2) is 7.54. The van der Waals surface area contributed by atoms with Crippen LogP contribution >= 0.6 is 0 Å². The Hall–Kier alpha value is -2.96. The Kier molecular flexibility index (Phi) is 5.47. The van der Waals surface area contributed by atoms with E-state index in [9.17, 15) is 9.59 Å². The lowest BCUT2D eigenvalue weighted by atomic mass is 10.2. The highest BCUT2D eigenvalue weighted by molar-refractivity contribution is 6.03. The Balaban J connectivity index is 2.21. The minimum Gasteiger partial charge on any atom is -0.465 e. The van der Waals surface area contributed by atoms with Gasteiger partial charge in [0, 0.05) is 17.4 Å². The Morgan fingerprint density at radius 2 is 1.92 bits per heavy atom. The fraction of sp³-hybridized carbons (Fsp3) is 0.294. The number of carbonyl (C=O) groups is 2. The van der Waals surface area contributed by atoms with Crippen LogP contribution in [0.4, 0.5) is 11.6 Å². The van der Waals surface area contributed by atoms with Crippen molar-refractivity contribution in [2.24, 2.45) is 0 Å². The third-order valence-corrected chi connectivity index (χ3v) is 3.05. The van der Waals surface area contributed by atoms with Gasteiger partial charge in [0.05, 0.1) is 12.7 Å². The van der Waals surface area contributed by atoms with Crippen molar-refractivity contribution in [3.63, 3.8) is 0 Å². The van der Waals surface area contributed by atoms with Gasteiger partial charge in [-0.05, 0) is 45.0 Å². The molecular formula is C17H20N4O3. The molecule has 0 bridgehead atoms. The van der Waals surface area contributed by atoms with E-state index in [0.717, 1.165) is 0 Å². The van der Waals surface area contributed by atoms with E-state index in [-0.39, 0.29) is 17.6 Å². The predicted molar refractivity (Wildman–Crippen MR) is 91.3 cm³/mol. The summed E-state index contributed by atoms with van der Waals surface area (Å²) in [7, 11) is 1.31. The molecule has 1 amide bonds. The quantitative estimate of drug-likeness (QED) is 0.820. The topological polar surface area (TPSA) is 93.2 Å². The smallest absolute Gasteiger partial charge is 0.337 e. The molecule has 0 fully saturated rings. The van der Waals surface area contributed by atoms with Gasteiger partial charge in [-0.15, -0.1) is 0 Å². The number of aryl methyl sites for hydroxylation is 1. The Morgan fingerprint density at radius 3 is 2.58 bits per heavy atom. The summed E-state index contributed by atoms with van der Waals surface area (Å²) in [6.07, 6.45) is 0. The number of aromatic nitrogens is 2. The summed E-state index contributed by atoms with van der Waals surface area (Å²) in [6.45, 7) is 5.72. The average molecular weight is 328 g/mol. The number of anilines is 2. The van der Waals surface area contributed by atoms with Crippen molar-refractivity contribution < 1.29 is 14.3 Å². The molecule has 0 radical (unpaired) electrons. The molecule has 0 atom stereocenters. The highest BCUT2D eigenvalue weighted by atomic mass is 16.5. The number of nitrogens with zero attached hydrogens (tertiary/aromatic N) is 2. The second-order valence-corrected chi connectivity index (χ2v) is 5.54. The van der Waals surface area contributed by atoms with Crippen LogP contribution in [-0.2, 0) is 4.74 Å². The molecule has 1 heterocycles. The first-order valence-electron chi connectivity index (χ1n) is 7.51. The van der Waals surface area contributed by atoms with Crippen molar-refractivity contribution >= 4 is 23.5 Å². The molecule has 0 saturated heterocycles. The van der Waals surface area contributed by atoms with Crippen LogP contribution in [0.2, 0.25) is 0 Å². The summed E-state index contributed by atoms with van der Waals surface area (Å²) < 4.78 is 4.67. The molecule has 126 valence electrons. The standard InChI is InChI=1S/C17H20N4O3/c1-10(2)18-17-19-11(3)8-14(21-17)15(22)20-13-7-5-6-12(9-13)16(23)24-4/h5-10H,1-4H3,(H,20,22)(H,18,19,21). The highest BCUT2D eigenvalue weighted by Crippen LogP contribution is 2.14. The number of carbonyl (C=O) groups excluding carboxylic acids is 2. The van der Waals surface area contributed by atoms with E-state index >= 15 is 0 Å². The molecule has 24 heavy (non-hydrogen) atoms. The van der Waals surface area contributed by atoms with Crippen molar-refractivity contribution in [3.05, 3.63) is 47.3 Å². The summed E-state index contributed by atoms with van der Waals surface area (Å²) >= 11 is 0. The molecule has 1 aromatic carbocycles. The van der Waals surface area contributed by atoms with Crippen LogP contribution in [0.15, 0.2) is 30.3 Å². The van der Waals surface area contributed by atoms with Gasteiger partial charge in [0.1, 0.15) is 5.69 Å². The molecule has 2 rings (SSSR count). The second-order valence-electron chi connectivity index (χ2n) is 5.54. The maximum atomic E-state index is 12.4. The molecule has 7 nitrogen and oxygen atoms in total. The van der Waals surface area contributed by atoms with Gasteiger partial charge in [-0.2, -0.15) is 0 Å². The van der Waals surface area contributed by atoms with Crippen LogP contribution in [0.25, 0.3) is 0 Å². The van der Waals surface area contributed by atoms with Crippen molar-refractivity contribution in [2.75, 3.05) is 17.7 Å². The molecule has 2 N–H and O–H groups in total. The van der Waals surface area contributed by atoms with Gasteiger partial charge >= 0.3 is 5.97 Å². The van der Waals surface area contributed by atoms with E-state index in [1.54, 1.807) is 37.3 Å². The van der Waals surface area contributed by atoms with Gasteiger partial charge in [0.25, 0.3) is 5.91 Å². The Morgan fingerprint density at radius 1 is 1.17 bits per heavy atom. The summed E-state index contributed by atoms with van der Waals surface area (Å²) in [5, 5.41) is 5.79. The third kappa shape index (κ3) is 4.52. The molecule has 7 heteroatoms. The SMILES string of the molecule is COC(=O)c1cccc(NC(=O)c2cc(C)nc(NC(C)C)n2)c1. The minimum atomic E-state index is -0.465. The van der Waals surface area contributed by atoms with Crippen molar-refractivity contribution in [3.8, 4) is 0 Å². The van der Waals surface area contributed by atoms with Crippen LogP contribution in [0.1, 0.15) is 40.4 Å². The summed E-state index contributed by atoms with van der Waals surface area (Å²) in [6, 6.07) is 8.26. The molecule has 0 unspecified atom stereocenters. The molecule has 2 aromatic rings. The van der Waals surface area contributed by atoms with Gasteiger partial charge in [-0.25, -0.2) is 14.8 Å². The molecule has 0 saturated carbocycles. The molecule has 1 aromatic heterocycles. The fourth-order valence-electron chi connectivity index (χ4n) is 2.04. The summed E-state index contributed by atoms with van der Waals surface area (Å²) in [5.41, 5.74) is 1.77.